The molecule has 1 aromatic carbocycles. The third-order valence-corrected chi connectivity index (χ3v) is 2.83. The van der Waals surface area contributed by atoms with Gasteiger partial charge in [0.25, 0.3) is 5.91 Å². The quantitative estimate of drug-likeness (QED) is 0.320. The van der Waals surface area contributed by atoms with Gasteiger partial charge < -0.3 is 16.4 Å². The molecule has 0 saturated carbocycles. The summed E-state index contributed by atoms with van der Waals surface area (Å²) in [6.07, 6.45) is 0.797. The third kappa shape index (κ3) is 6.03. The molecule has 6 nitrogen and oxygen atoms in total. The van der Waals surface area contributed by atoms with Gasteiger partial charge in [-0.1, -0.05) is 18.2 Å². The van der Waals surface area contributed by atoms with E-state index >= 15 is 0 Å². The molecule has 0 unspecified atom stereocenters. The van der Waals surface area contributed by atoms with Crippen molar-refractivity contribution < 1.29 is 14.0 Å². The highest BCUT2D eigenvalue weighted by Crippen LogP contribution is 2.02. The zero-order chi connectivity index (χ0) is 15.7. The highest BCUT2D eigenvalue weighted by atomic mass is 19.1. The van der Waals surface area contributed by atoms with E-state index < -0.39 is 18.6 Å². The van der Waals surface area contributed by atoms with Crippen molar-refractivity contribution in [3.63, 3.8) is 0 Å². The molecule has 0 aromatic heterocycles. The first-order valence-corrected chi connectivity index (χ1v) is 6.57. The van der Waals surface area contributed by atoms with Crippen molar-refractivity contribution in [3.05, 3.63) is 35.9 Å². The van der Waals surface area contributed by atoms with Gasteiger partial charge in [-0.25, -0.2) is 4.39 Å². The maximum atomic E-state index is 12.0. The van der Waals surface area contributed by atoms with Gasteiger partial charge in [0.1, 0.15) is 18.6 Å². The molecule has 1 atom stereocenters. The van der Waals surface area contributed by atoms with Crippen LogP contribution in [-0.4, -0.2) is 36.9 Å². The summed E-state index contributed by atoms with van der Waals surface area (Å²) in [7, 11) is 0. The van der Waals surface area contributed by atoms with Crippen molar-refractivity contribution in [1.29, 1.82) is 5.41 Å². The van der Waals surface area contributed by atoms with Gasteiger partial charge in [0, 0.05) is 12.1 Å². The van der Waals surface area contributed by atoms with Gasteiger partial charge in [-0.05, 0) is 25.0 Å². The van der Waals surface area contributed by atoms with Crippen molar-refractivity contribution in [2.45, 2.75) is 18.9 Å². The zero-order valence-electron chi connectivity index (χ0n) is 11.6. The fourth-order valence-corrected chi connectivity index (χ4v) is 1.71. The van der Waals surface area contributed by atoms with E-state index in [4.69, 9.17) is 11.1 Å². The van der Waals surface area contributed by atoms with Crippen LogP contribution in [0.3, 0.4) is 0 Å². The van der Waals surface area contributed by atoms with E-state index in [1.54, 1.807) is 30.3 Å². The Morgan fingerprint density at radius 3 is 2.52 bits per heavy atom. The summed E-state index contributed by atoms with van der Waals surface area (Å²) in [6, 6.07) is 7.71. The predicted molar refractivity (Wildman–Crippen MR) is 77.8 cm³/mol. The second-order valence-electron chi connectivity index (χ2n) is 4.48. The average Bonchev–Trinajstić information content (AvgIpc) is 2.50. The van der Waals surface area contributed by atoms with E-state index in [0.29, 0.717) is 24.9 Å². The average molecular weight is 294 g/mol. The molecule has 1 rings (SSSR count). The first-order valence-electron chi connectivity index (χ1n) is 6.57. The van der Waals surface area contributed by atoms with E-state index in [1.165, 1.54) is 0 Å². The second kappa shape index (κ2) is 8.68. The maximum Gasteiger partial charge on any atom is 0.251 e. The number of halogens is 1. The molecular weight excluding hydrogens is 275 g/mol. The lowest BCUT2D eigenvalue weighted by atomic mass is 10.1. The van der Waals surface area contributed by atoms with Crippen molar-refractivity contribution in [1.82, 2.24) is 10.6 Å². The molecule has 0 heterocycles. The van der Waals surface area contributed by atoms with E-state index in [2.05, 4.69) is 10.6 Å². The molecule has 1 aromatic rings. The lowest BCUT2D eigenvalue weighted by Crippen LogP contribution is -2.44. The highest BCUT2D eigenvalue weighted by Gasteiger charge is 2.18. The Balaban J connectivity index is 2.45. The molecule has 5 N–H and O–H groups in total. The number of benzene rings is 1. The van der Waals surface area contributed by atoms with Gasteiger partial charge in [0.15, 0.2) is 0 Å². The number of carbonyl (C=O) groups is 2. The molecule has 0 fully saturated rings. The second-order valence-corrected chi connectivity index (χ2v) is 4.48. The van der Waals surface area contributed by atoms with Crippen LogP contribution in [0.1, 0.15) is 23.2 Å². The van der Waals surface area contributed by atoms with Crippen LogP contribution in [0.15, 0.2) is 30.3 Å². The van der Waals surface area contributed by atoms with Crippen molar-refractivity contribution in [2.24, 2.45) is 5.73 Å². The van der Waals surface area contributed by atoms with Gasteiger partial charge in [-0.15, -0.1) is 0 Å². The SMILES string of the molecule is N=C(CF)NCCC[C@@H](NC(=O)c1ccccc1)C(N)=O. The van der Waals surface area contributed by atoms with E-state index in [9.17, 15) is 14.0 Å². The molecule has 0 aliphatic carbocycles. The van der Waals surface area contributed by atoms with Crippen LogP contribution in [-0.2, 0) is 4.79 Å². The minimum absolute atomic E-state index is 0.209. The number of nitrogens with two attached hydrogens (primary N) is 1. The fraction of sp³-hybridized carbons (Fsp3) is 0.357. The first-order chi connectivity index (χ1) is 10.0. The molecule has 0 bridgehead atoms. The topological polar surface area (TPSA) is 108 Å². The molecule has 0 radical (unpaired) electrons. The Labute approximate surface area is 122 Å². The largest absolute Gasteiger partial charge is 0.372 e. The van der Waals surface area contributed by atoms with Gasteiger partial charge >= 0.3 is 0 Å². The summed E-state index contributed by atoms with van der Waals surface area (Å²) < 4.78 is 12.0. The molecular formula is C14H19FN4O2. The summed E-state index contributed by atoms with van der Waals surface area (Å²) in [4.78, 5) is 23.3. The van der Waals surface area contributed by atoms with E-state index in [1.807, 2.05) is 0 Å². The lowest BCUT2D eigenvalue weighted by molar-refractivity contribution is -0.120. The van der Waals surface area contributed by atoms with Crippen LogP contribution >= 0.6 is 0 Å². The van der Waals surface area contributed by atoms with Gasteiger partial charge in [0.2, 0.25) is 5.91 Å². The van der Waals surface area contributed by atoms with Crippen LogP contribution in [0, 0.1) is 5.41 Å². The normalized spacial score (nSPS) is 11.5. The number of hydrogen-bond donors (Lipinski definition) is 4. The van der Waals surface area contributed by atoms with Crippen LogP contribution in [0.4, 0.5) is 4.39 Å². The van der Waals surface area contributed by atoms with E-state index in [-0.39, 0.29) is 11.7 Å². The van der Waals surface area contributed by atoms with Crippen LogP contribution < -0.4 is 16.4 Å². The fourth-order valence-electron chi connectivity index (χ4n) is 1.71. The van der Waals surface area contributed by atoms with Crippen LogP contribution in [0.5, 0.6) is 0 Å². The molecule has 0 spiro atoms. The van der Waals surface area contributed by atoms with Gasteiger partial charge in [0.05, 0.1) is 0 Å². The molecule has 0 aliphatic heterocycles. The highest BCUT2D eigenvalue weighted by molar-refractivity contribution is 5.97. The van der Waals surface area contributed by atoms with Crippen molar-refractivity contribution in [3.8, 4) is 0 Å². The predicted octanol–water partition coefficient (Wildman–Crippen LogP) is 0.587. The molecule has 21 heavy (non-hydrogen) atoms. The summed E-state index contributed by atoms with van der Waals surface area (Å²) in [5.41, 5.74) is 5.70. The number of alkyl halides is 1. The summed E-state index contributed by atoms with van der Waals surface area (Å²) in [5.74, 6) is -1.21. The standard InChI is InChI=1S/C14H19FN4O2/c15-9-12(16)18-8-4-7-11(13(17)20)19-14(21)10-5-2-1-3-6-10/h1-3,5-6,11H,4,7-9H2,(H2,16,18)(H2,17,20)(H,19,21)/t11-/m1/s1. The smallest absolute Gasteiger partial charge is 0.251 e. The summed E-state index contributed by atoms with van der Waals surface area (Å²) in [6.45, 7) is -0.516. The number of amides is 2. The lowest BCUT2D eigenvalue weighted by Gasteiger charge is -2.15. The Bertz CT molecular complexity index is 493. The maximum absolute atomic E-state index is 12.0. The molecule has 0 aliphatic rings. The van der Waals surface area contributed by atoms with Crippen molar-refractivity contribution >= 4 is 17.6 Å². The third-order valence-electron chi connectivity index (χ3n) is 2.83. The number of nitrogens with one attached hydrogen (secondary N) is 3. The number of amidine groups is 1. The molecule has 7 heteroatoms. The Morgan fingerprint density at radius 2 is 1.95 bits per heavy atom. The van der Waals surface area contributed by atoms with Crippen LogP contribution in [0.25, 0.3) is 0 Å². The number of rotatable bonds is 8. The number of carbonyl (C=O) groups excluding carboxylic acids is 2. The summed E-state index contributed by atoms with van der Waals surface area (Å²) >= 11 is 0. The van der Waals surface area contributed by atoms with E-state index in [0.717, 1.165) is 0 Å². The van der Waals surface area contributed by atoms with Gasteiger partial charge in [-0.2, -0.15) is 0 Å². The molecule has 0 saturated heterocycles. The first kappa shape index (κ1) is 16.6. The van der Waals surface area contributed by atoms with Crippen LogP contribution in [0.2, 0.25) is 0 Å². The molecule has 2 amide bonds. The Hall–Kier alpha value is -2.44. The minimum atomic E-state index is -0.857. The Kier molecular flexibility index (Phi) is 6.86. The zero-order valence-corrected chi connectivity index (χ0v) is 11.6. The monoisotopic (exact) mass is 294 g/mol. The number of primary amides is 1. The van der Waals surface area contributed by atoms with Gasteiger partial charge in [-0.3, -0.25) is 15.0 Å². The Morgan fingerprint density at radius 1 is 1.29 bits per heavy atom. The minimum Gasteiger partial charge on any atom is -0.372 e. The summed E-state index contributed by atoms with van der Waals surface area (Å²) in [5, 5.41) is 12.2. The molecule has 114 valence electrons. The van der Waals surface area contributed by atoms with Crippen molar-refractivity contribution in [2.75, 3.05) is 13.2 Å². The number of hydrogen-bond acceptors (Lipinski definition) is 3.